The largest absolute Gasteiger partial charge is 0.543 e. The highest BCUT2D eigenvalue weighted by Gasteiger charge is 2.36. The number of hydrogen-bond donors (Lipinski definition) is 0. The number of aromatic nitrogens is 1. The van der Waals surface area contributed by atoms with Crippen LogP contribution in [0.4, 0.5) is 5.69 Å². The quantitative estimate of drug-likeness (QED) is 0.178. The number of rotatable bonds is 13. The van der Waals surface area contributed by atoms with E-state index in [0.29, 0.717) is 22.8 Å². The third kappa shape index (κ3) is 6.91. The van der Waals surface area contributed by atoms with Crippen LogP contribution in [0.5, 0.6) is 5.75 Å². The van der Waals surface area contributed by atoms with E-state index in [9.17, 15) is 4.79 Å². The molecule has 0 unspecified atom stereocenters. The first-order valence-corrected chi connectivity index (χ1v) is 15.7. The minimum Gasteiger partial charge on any atom is -0.543 e. The van der Waals surface area contributed by atoms with Crippen molar-refractivity contribution in [1.29, 1.82) is 0 Å². The average molecular weight is 493 g/mol. The fraction of sp³-hybridized carbons (Fsp3) is 0.483. The smallest absolute Gasteiger partial charge is 0.348 e. The van der Waals surface area contributed by atoms with Crippen LogP contribution in [0.2, 0.25) is 18.1 Å². The molecule has 6 heteroatoms. The maximum absolute atomic E-state index is 13.2. The van der Waals surface area contributed by atoms with E-state index in [1.165, 1.54) is 0 Å². The summed E-state index contributed by atoms with van der Waals surface area (Å²) in [7, 11) is -2.11. The lowest BCUT2D eigenvalue weighted by molar-refractivity contribution is 0.452. The van der Waals surface area contributed by atoms with E-state index in [2.05, 4.69) is 25.8 Å². The Kier molecular flexibility index (Phi) is 9.84. The molecular weight excluding hydrogens is 452 g/mol. The molecule has 5 nitrogen and oxygen atoms in total. The summed E-state index contributed by atoms with van der Waals surface area (Å²) in [6, 6.07) is 15.1. The number of fused-ring (bicyclic) bond motifs is 1. The van der Waals surface area contributed by atoms with Crippen LogP contribution in [0, 0.1) is 6.92 Å². The molecule has 0 N–H and O–H groups in total. The Morgan fingerprint density at radius 1 is 1.00 bits per heavy atom. The molecule has 0 amide bonds. The Bertz CT molecular complexity index is 1170. The van der Waals surface area contributed by atoms with Crippen molar-refractivity contribution in [2.45, 2.75) is 91.3 Å². The Labute approximate surface area is 210 Å². The van der Waals surface area contributed by atoms with Crippen molar-refractivity contribution in [1.82, 2.24) is 4.98 Å². The van der Waals surface area contributed by atoms with Gasteiger partial charge in [-0.2, -0.15) is 0 Å². The zero-order valence-electron chi connectivity index (χ0n) is 22.0. The van der Waals surface area contributed by atoms with E-state index < -0.39 is 8.32 Å². The second-order valence-electron chi connectivity index (χ2n) is 9.53. The van der Waals surface area contributed by atoms with Gasteiger partial charge in [-0.05, 0) is 44.1 Å². The fourth-order valence-electron chi connectivity index (χ4n) is 4.66. The van der Waals surface area contributed by atoms with E-state index in [0.717, 1.165) is 73.2 Å². The monoisotopic (exact) mass is 492 g/mol. The van der Waals surface area contributed by atoms with E-state index >= 15 is 0 Å². The number of aryl methyl sites for hydroxylation is 1. The summed E-state index contributed by atoms with van der Waals surface area (Å²) in [6.07, 6.45) is 8.67. The molecule has 3 rings (SSSR count). The number of para-hydroxylation sites is 1. The molecule has 0 radical (unpaired) electrons. The van der Waals surface area contributed by atoms with E-state index in [1.54, 1.807) is 6.20 Å². The van der Waals surface area contributed by atoms with Gasteiger partial charge in [0.1, 0.15) is 17.1 Å². The number of hydrogen-bond acceptors (Lipinski definition) is 5. The van der Waals surface area contributed by atoms with Gasteiger partial charge in [-0.1, -0.05) is 77.5 Å². The minimum atomic E-state index is -2.11. The Balaban J connectivity index is 2.10. The Morgan fingerprint density at radius 3 is 2.26 bits per heavy atom. The SMILES string of the molecule is CCCC[Si](CCCC)(CCCC)Oc1cc(C)oc(=O)c1C(C)=Nc1cccc2cccnc12. The third-order valence-corrected chi connectivity index (χ3v) is 11.0. The normalized spacial score (nSPS) is 12.3. The van der Waals surface area contributed by atoms with Gasteiger partial charge in [0, 0.05) is 17.6 Å². The van der Waals surface area contributed by atoms with E-state index in [1.807, 2.05) is 50.2 Å². The molecule has 1 aromatic carbocycles. The van der Waals surface area contributed by atoms with Crippen molar-refractivity contribution in [2.24, 2.45) is 4.99 Å². The minimum absolute atomic E-state index is 0.390. The predicted octanol–water partition coefficient (Wildman–Crippen LogP) is 8.36. The molecule has 35 heavy (non-hydrogen) atoms. The van der Waals surface area contributed by atoms with Gasteiger partial charge in [-0.15, -0.1) is 0 Å². The van der Waals surface area contributed by atoms with Gasteiger partial charge in [-0.3, -0.25) is 9.98 Å². The zero-order chi connectivity index (χ0) is 25.3. The van der Waals surface area contributed by atoms with Gasteiger partial charge < -0.3 is 8.84 Å². The summed E-state index contributed by atoms with van der Waals surface area (Å²) in [6.45, 7) is 10.4. The average Bonchev–Trinajstić information content (AvgIpc) is 2.84. The van der Waals surface area contributed by atoms with Crippen LogP contribution in [0.15, 0.2) is 56.8 Å². The number of unbranched alkanes of at least 4 members (excludes halogenated alkanes) is 3. The summed E-state index contributed by atoms with van der Waals surface area (Å²) in [5, 5.41) is 1.01. The first-order chi connectivity index (χ1) is 16.9. The van der Waals surface area contributed by atoms with Gasteiger partial charge >= 0.3 is 5.63 Å². The lowest BCUT2D eigenvalue weighted by Crippen LogP contribution is -2.42. The molecule has 0 bridgehead atoms. The van der Waals surface area contributed by atoms with E-state index in [-0.39, 0.29) is 5.63 Å². The molecule has 0 fully saturated rings. The standard InChI is InChI=1S/C29H40N2O3Si/c1-6-9-18-35(19-10-7-2,20-11-8-3)34-26-21-22(4)33-29(32)27(26)23(5)31-25-16-12-14-24-15-13-17-30-28(24)25/h12-17,21H,6-11,18-20H2,1-5H3. The van der Waals surface area contributed by atoms with Crippen LogP contribution in [0.25, 0.3) is 10.9 Å². The van der Waals surface area contributed by atoms with E-state index in [4.69, 9.17) is 13.8 Å². The maximum atomic E-state index is 13.2. The van der Waals surface area contributed by atoms with Crippen molar-refractivity contribution < 1.29 is 8.84 Å². The van der Waals surface area contributed by atoms with Crippen LogP contribution in [-0.2, 0) is 0 Å². The number of aliphatic imine (C=N–C) groups is 1. The van der Waals surface area contributed by atoms with Crippen molar-refractivity contribution in [2.75, 3.05) is 0 Å². The summed E-state index contributed by atoms with van der Waals surface area (Å²) >= 11 is 0. The maximum Gasteiger partial charge on any atom is 0.348 e. The number of nitrogens with zero attached hydrogens (tertiary/aromatic N) is 2. The lowest BCUT2D eigenvalue weighted by Gasteiger charge is -2.33. The van der Waals surface area contributed by atoms with Gasteiger partial charge in [0.25, 0.3) is 8.32 Å². The first-order valence-electron chi connectivity index (χ1n) is 13.2. The van der Waals surface area contributed by atoms with Gasteiger partial charge in [0.05, 0.1) is 16.9 Å². The molecule has 188 valence electrons. The van der Waals surface area contributed by atoms with Crippen molar-refractivity contribution in [3.05, 3.63) is 64.3 Å². The number of benzene rings is 1. The predicted molar refractivity (Wildman–Crippen MR) is 149 cm³/mol. The summed E-state index contributed by atoms with van der Waals surface area (Å²) in [5.41, 5.74) is 2.18. The molecule has 0 atom stereocenters. The second kappa shape index (κ2) is 12.8. The summed E-state index contributed by atoms with van der Waals surface area (Å²) in [5.74, 6) is 1.21. The van der Waals surface area contributed by atoms with Crippen molar-refractivity contribution in [3.63, 3.8) is 0 Å². The van der Waals surface area contributed by atoms with Crippen molar-refractivity contribution >= 4 is 30.6 Å². The Morgan fingerprint density at radius 2 is 1.63 bits per heavy atom. The molecule has 0 spiro atoms. The molecule has 2 heterocycles. The molecule has 0 aliphatic heterocycles. The molecule has 2 aromatic heterocycles. The Hall–Kier alpha value is -2.73. The molecule has 0 aliphatic carbocycles. The lowest BCUT2D eigenvalue weighted by atomic mass is 10.1. The van der Waals surface area contributed by atoms with Gasteiger partial charge in [0.15, 0.2) is 0 Å². The first kappa shape index (κ1) is 26.9. The van der Waals surface area contributed by atoms with Crippen LogP contribution >= 0.6 is 0 Å². The highest BCUT2D eigenvalue weighted by atomic mass is 28.4. The summed E-state index contributed by atoms with van der Waals surface area (Å²) < 4.78 is 12.6. The molecule has 0 aliphatic rings. The summed E-state index contributed by atoms with van der Waals surface area (Å²) in [4.78, 5) is 22.5. The fourth-order valence-corrected chi connectivity index (χ4v) is 9.34. The van der Waals surface area contributed by atoms with Crippen LogP contribution < -0.4 is 10.1 Å². The zero-order valence-corrected chi connectivity index (χ0v) is 23.0. The third-order valence-electron chi connectivity index (χ3n) is 6.58. The van der Waals surface area contributed by atoms with Crippen LogP contribution in [0.3, 0.4) is 0 Å². The molecular formula is C29H40N2O3Si. The van der Waals surface area contributed by atoms with Crippen molar-refractivity contribution in [3.8, 4) is 5.75 Å². The topological polar surface area (TPSA) is 64.7 Å². The molecule has 0 saturated heterocycles. The highest BCUT2D eigenvalue weighted by molar-refractivity contribution is 6.74. The second-order valence-corrected chi connectivity index (χ2v) is 13.6. The van der Waals surface area contributed by atoms with Gasteiger partial charge in [0.2, 0.25) is 0 Å². The van der Waals surface area contributed by atoms with Crippen LogP contribution in [-0.4, -0.2) is 19.0 Å². The van der Waals surface area contributed by atoms with Crippen LogP contribution in [0.1, 0.15) is 77.5 Å². The molecule has 0 saturated carbocycles. The number of pyridine rings is 1. The molecule has 3 aromatic rings. The van der Waals surface area contributed by atoms with Gasteiger partial charge in [-0.25, -0.2) is 4.79 Å². The highest BCUT2D eigenvalue weighted by Crippen LogP contribution is 2.33.